The van der Waals surface area contributed by atoms with E-state index in [1.54, 1.807) is 6.92 Å². The van der Waals surface area contributed by atoms with Gasteiger partial charge in [0.1, 0.15) is 0 Å². The minimum atomic E-state index is -1.71. The molecular weight excluding hydrogens is 402 g/mol. The van der Waals surface area contributed by atoms with Crippen molar-refractivity contribution in [2.45, 2.75) is 153 Å². The number of hydrogen-bond donors (Lipinski definition) is 5. The molecule has 0 aromatic heterocycles. The summed E-state index contributed by atoms with van der Waals surface area (Å²) in [5, 5.41) is 38.4. The van der Waals surface area contributed by atoms with Crippen LogP contribution in [0.5, 0.6) is 0 Å². The second-order valence-corrected chi connectivity index (χ2v) is 9.02. The molecular formula is C24H52ClNO4. The first kappa shape index (κ1) is 32.3. The molecule has 0 saturated heterocycles. The largest absolute Gasteiger partial charge is 0.366 e. The maximum Gasteiger partial charge on any atom is 0.177 e. The van der Waals surface area contributed by atoms with Crippen LogP contribution in [0.3, 0.4) is 0 Å². The highest BCUT2D eigenvalue weighted by Gasteiger charge is 2.28. The third-order valence-electron chi connectivity index (χ3n) is 6.27. The number of aliphatic hydroxyl groups is 4. The Morgan fingerprint density at radius 2 is 0.900 bits per heavy atom. The van der Waals surface area contributed by atoms with Gasteiger partial charge in [0.05, 0.1) is 6.04 Å². The highest BCUT2D eigenvalue weighted by molar-refractivity contribution is 5.85. The third kappa shape index (κ3) is 18.8. The Morgan fingerprint density at radius 3 is 1.23 bits per heavy atom. The average molecular weight is 454 g/mol. The van der Waals surface area contributed by atoms with E-state index in [9.17, 15) is 20.4 Å². The maximum atomic E-state index is 9.67. The van der Waals surface area contributed by atoms with Gasteiger partial charge in [0.15, 0.2) is 11.6 Å². The highest BCUT2D eigenvalue weighted by Crippen LogP contribution is 2.18. The lowest BCUT2D eigenvalue weighted by Gasteiger charge is -2.27. The Balaban J connectivity index is 0. The van der Waals surface area contributed by atoms with Crippen molar-refractivity contribution in [3.63, 3.8) is 0 Å². The molecule has 0 radical (unpaired) electrons. The van der Waals surface area contributed by atoms with Crippen molar-refractivity contribution >= 4 is 12.4 Å². The summed E-state index contributed by atoms with van der Waals surface area (Å²) in [6.45, 7) is 3.56. The standard InChI is InChI=1S/C24H51NO4.ClH/c1-3-23(26,27)21-19-17-15-13-11-9-7-5-6-8-10-12-14-16-18-20-22(25)24(28,29)4-2;/h22,26-29H,3-21,25H2,1-2H3;1H. The molecule has 0 spiro atoms. The van der Waals surface area contributed by atoms with Crippen LogP contribution in [0.1, 0.15) is 136 Å². The summed E-state index contributed by atoms with van der Waals surface area (Å²) in [5.74, 6) is -3.16. The van der Waals surface area contributed by atoms with Gasteiger partial charge in [-0.25, -0.2) is 0 Å². The topological polar surface area (TPSA) is 107 Å². The Bertz CT molecular complexity index is 367. The molecule has 0 bridgehead atoms. The highest BCUT2D eigenvalue weighted by atomic mass is 35.5. The van der Waals surface area contributed by atoms with Crippen molar-refractivity contribution in [2.75, 3.05) is 0 Å². The molecule has 30 heavy (non-hydrogen) atoms. The molecule has 1 atom stereocenters. The fourth-order valence-electron chi connectivity index (χ4n) is 3.74. The molecule has 0 fully saturated rings. The van der Waals surface area contributed by atoms with E-state index in [1.165, 1.54) is 70.6 Å². The summed E-state index contributed by atoms with van der Waals surface area (Å²) in [6, 6.07) is -0.533. The smallest absolute Gasteiger partial charge is 0.177 e. The van der Waals surface area contributed by atoms with Crippen LogP contribution in [0.2, 0.25) is 0 Å². The lowest BCUT2D eigenvalue weighted by Crippen LogP contribution is -2.47. The summed E-state index contributed by atoms with van der Waals surface area (Å²) < 4.78 is 0. The van der Waals surface area contributed by atoms with Crippen LogP contribution in [0.25, 0.3) is 0 Å². The van der Waals surface area contributed by atoms with Crippen LogP contribution in [0, 0.1) is 0 Å². The number of unbranched alkanes of at least 4 members (excludes halogenated alkanes) is 14. The minimum absolute atomic E-state index is 0. The monoisotopic (exact) mass is 453 g/mol. The Hall–Kier alpha value is 0.0900. The zero-order chi connectivity index (χ0) is 22.0. The average Bonchev–Trinajstić information content (AvgIpc) is 2.69. The van der Waals surface area contributed by atoms with Gasteiger partial charge in [0.2, 0.25) is 0 Å². The van der Waals surface area contributed by atoms with E-state index >= 15 is 0 Å². The molecule has 0 aliphatic carbocycles. The fourth-order valence-corrected chi connectivity index (χ4v) is 3.74. The SMILES string of the molecule is CCC(O)(O)CCCCCCCCCCCCCCCCCC(N)C(O)(O)CC.Cl. The van der Waals surface area contributed by atoms with Crippen LogP contribution in [0.4, 0.5) is 0 Å². The molecule has 0 amide bonds. The summed E-state index contributed by atoms with van der Waals surface area (Å²) in [4.78, 5) is 0. The van der Waals surface area contributed by atoms with Gasteiger partial charge in [-0.2, -0.15) is 0 Å². The summed E-state index contributed by atoms with van der Waals surface area (Å²) in [5.41, 5.74) is 5.83. The van der Waals surface area contributed by atoms with Gasteiger partial charge in [-0.05, 0) is 25.7 Å². The molecule has 0 heterocycles. The third-order valence-corrected chi connectivity index (χ3v) is 6.27. The van der Waals surface area contributed by atoms with Gasteiger partial charge < -0.3 is 26.2 Å². The molecule has 0 aromatic carbocycles. The van der Waals surface area contributed by atoms with E-state index in [0.717, 1.165) is 25.7 Å². The fraction of sp³-hybridized carbons (Fsp3) is 1.00. The van der Waals surface area contributed by atoms with Crippen LogP contribution in [-0.4, -0.2) is 38.0 Å². The van der Waals surface area contributed by atoms with E-state index in [2.05, 4.69) is 0 Å². The van der Waals surface area contributed by atoms with Crippen molar-refractivity contribution in [1.82, 2.24) is 0 Å². The van der Waals surface area contributed by atoms with Crippen molar-refractivity contribution in [1.29, 1.82) is 0 Å². The lowest BCUT2D eigenvalue weighted by molar-refractivity contribution is -0.179. The lowest BCUT2D eigenvalue weighted by atomic mass is 9.98. The van der Waals surface area contributed by atoms with Crippen molar-refractivity contribution in [2.24, 2.45) is 5.73 Å². The van der Waals surface area contributed by atoms with E-state index in [4.69, 9.17) is 5.73 Å². The van der Waals surface area contributed by atoms with Gasteiger partial charge in [0.25, 0.3) is 0 Å². The summed E-state index contributed by atoms with van der Waals surface area (Å²) in [6.07, 6.45) is 20.3. The molecule has 6 N–H and O–H groups in total. The zero-order valence-electron chi connectivity index (χ0n) is 19.8. The van der Waals surface area contributed by atoms with Gasteiger partial charge in [0, 0.05) is 6.42 Å². The van der Waals surface area contributed by atoms with Crippen molar-refractivity contribution in [3.05, 3.63) is 0 Å². The molecule has 184 valence electrons. The van der Waals surface area contributed by atoms with Crippen LogP contribution in [0.15, 0.2) is 0 Å². The van der Waals surface area contributed by atoms with Gasteiger partial charge >= 0.3 is 0 Å². The number of rotatable bonds is 21. The molecule has 0 rings (SSSR count). The Kier molecular flexibility index (Phi) is 21.2. The quantitative estimate of drug-likeness (QED) is 0.116. The van der Waals surface area contributed by atoms with Gasteiger partial charge in [-0.3, -0.25) is 0 Å². The maximum absolute atomic E-state index is 9.67. The van der Waals surface area contributed by atoms with E-state index in [0.29, 0.717) is 19.3 Å². The first-order valence-corrected chi connectivity index (χ1v) is 12.4. The molecule has 0 aromatic rings. The minimum Gasteiger partial charge on any atom is -0.366 e. The molecule has 5 nitrogen and oxygen atoms in total. The first-order chi connectivity index (χ1) is 13.7. The van der Waals surface area contributed by atoms with Crippen LogP contribution in [-0.2, 0) is 0 Å². The van der Waals surface area contributed by atoms with Gasteiger partial charge in [-0.1, -0.05) is 104 Å². The summed E-state index contributed by atoms with van der Waals surface area (Å²) in [7, 11) is 0. The van der Waals surface area contributed by atoms with Gasteiger partial charge in [-0.15, -0.1) is 12.4 Å². The number of nitrogens with two attached hydrogens (primary N) is 1. The first-order valence-electron chi connectivity index (χ1n) is 12.4. The Morgan fingerprint density at radius 1 is 0.567 bits per heavy atom. The molecule has 6 heteroatoms. The summed E-state index contributed by atoms with van der Waals surface area (Å²) >= 11 is 0. The predicted octanol–water partition coefficient (Wildman–Crippen LogP) is 5.55. The van der Waals surface area contributed by atoms with E-state index < -0.39 is 17.6 Å². The predicted molar refractivity (Wildman–Crippen MR) is 129 cm³/mol. The van der Waals surface area contributed by atoms with Crippen molar-refractivity contribution < 1.29 is 20.4 Å². The van der Waals surface area contributed by atoms with E-state index in [1.807, 2.05) is 6.92 Å². The number of hydrogen-bond acceptors (Lipinski definition) is 5. The van der Waals surface area contributed by atoms with Crippen molar-refractivity contribution in [3.8, 4) is 0 Å². The molecule has 1 unspecified atom stereocenters. The zero-order valence-corrected chi connectivity index (χ0v) is 20.6. The Labute approximate surface area is 192 Å². The second kappa shape index (κ2) is 19.8. The normalized spacial score (nSPS) is 13.3. The molecule has 0 saturated carbocycles. The molecule has 0 aliphatic rings. The molecule has 0 aliphatic heterocycles. The van der Waals surface area contributed by atoms with Crippen LogP contribution >= 0.6 is 12.4 Å². The van der Waals surface area contributed by atoms with E-state index in [-0.39, 0.29) is 18.8 Å². The second-order valence-electron chi connectivity index (χ2n) is 9.02. The van der Waals surface area contributed by atoms with Crippen LogP contribution < -0.4 is 5.73 Å². The number of halogens is 1.